The van der Waals surface area contributed by atoms with Crippen molar-refractivity contribution in [2.24, 2.45) is 12.0 Å². The molecule has 7 nitrogen and oxygen atoms in total. The molecular formula is C23H22FN7. The zero-order valence-corrected chi connectivity index (χ0v) is 17.6. The third-order valence-electron chi connectivity index (χ3n) is 5.40. The predicted molar refractivity (Wildman–Crippen MR) is 119 cm³/mol. The Morgan fingerprint density at radius 2 is 2.00 bits per heavy atom. The van der Waals surface area contributed by atoms with Gasteiger partial charge in [0.2, 0.25) is 5.95 Å². The average Bonchev–Trinajstić information content (AvgIpc) is 3.10. The maximum absolute atomic E-state index is 14.7. The predicted octanol–water partition coefficient (Wildman–Crippen LogP) is 4.41. The Morgan fingerprint density at radius 1 is 1.13 bits per heavy atom. The zero-order chi connectivity index (χ0) is 21.5. The number of aromatic nitrogens is 5. The lowest BCUT2D eigenvalue weighted by Crippen LogP contribution is -2.08. The zero-order valence-electron chi connectivity index (χ0n) is 17.6. The number of hydrogen-bond donors (Lipinski definition) is 1. The van der Waals surface area contributed by atoms with E-state index in [0.717, 1.165) is 40.8 Å². The number of fused-ring (bicyclic) bond motifs is 2. The molecule has 156 valence electrons. The minimum absolute atomic E-state index is 0.239. The van der Waals surface area contributed by atoms with E-state index in [1.165, 1.54) is 6.20 Å². The van der Waals surface area contributed by atoms with Crippen LogP contribution in [0.25, 0.3) is 22.2 Å². The van der Waals surface area contributed by atoms with E-state index in [4.69, 9.17) is 0 Å². The van der Waals surface area contributed by atoms with Crippen LogP contribution in [-0.4, -0.2) is 37.5 Å². The van der Waals surface area contributed by atoms with Crippen molar-refractivity contribution in [2.75, 3.05) is 11.9 Å². The highest BCUT2D eigenvalue weighted by molar-refractivity contribution is 5.87. The van der Waals surface area contributed by atoms with Crippen LogP contribution in [-0.2, 0) is 13.5 Å². The molecule has 0 atom stereocenters. The molecule has 3 aromatic heterocycles. The van der Waals surface area contributed by atoms with Crippen molar-refractivity contribution in [1.29, 1.82) is 0 Å². The second-order valence-electron chi connectivity index (χ2n) is 7.93. The van der Waals surface area contributed by atoms with Gasteiger partial charge in [-0.05, 0) is 30.2 Å². The number of anilines is 2. The number of pyridine rings is 1. The van der Waals surface area contributed by atoms with Crippen LogP contribution in [0.1, 0.15) is 36.7 Å². The molecule has 0 saturated heterocycles. The van der Waals surface area contributed by atoms with Gasteiger partial charge in [0.15, 0.2) is 5.82 Å². The molecule has 1 aliphatic rings. The first kappa shape index (κ1) is 19.3. The number of nitrogens with one attached hydrogen (secondary N) is 1. The summed E-state index contributed by atoms with van der Waals surface area (Å²) in [5, 5.41) is 8.66. The number of hydrogen-bond acceptors (Lipinski definition) is 6. The fourth-order valence-corrected chi connectivity index (χ4v) is 4.03. The van der Waals surface area contributed by atoms with Crippen molar-refractivity contribution in [2.45, 2.75) is 26.2 Å². The number of rotatable bonds is 4. The largest absolute Gasteiger partial charge is 0.309 e. The molecule has 0 spiro atoms. The Bertz CT molecular complexity index is 1320. The number of nitrogens with zero attached hydrogens (tertiary/aromatic N) is 6. The van der Waals surface area contributed by atoms with E-state index in [-0.39, 0.29) is 11.6 Å². The van der Waals surface area contributed by atoms with Gasteiger partial charge in [-0.15, -0.1) is 0 Å². The summed E-state index contributed by atoms with van der Waals surface area (Å²) in [6.45, 7) is 4.97. The first-order chi connectivity index (χ1) is 15.0. The van der Waals surface area contributed by atoms with Gasteiger partial charge in [-0.1, -0.05) is 19.9 Å². The highest BCUT2D eigenvalue weighted by Gasteiger charge is 2.16. The van der Waals surface area contributed by atoms with E-state index in [9.17, 15) is 4.39 Å². The van der Waals surface area contributed by atoms with E-state index in [1.54, 1.807) is 0 Å². The summed E-state index contributed by atoms with van der Waals surface area (Å²) in [6.07, 6.45) is 3.81. The van der Waals surface area contributed by atoms with Gasteiger partial charge in [-0.2, -0.15) is 5.10 Å². The van der Waals surface area contributed by atoms with E-state index in [2.05, 4.69) is 44.2 Å². The third-order valence-corrected chi connectivity index (χ3v) is 5.40. The Balaban J connectivity index is 1.52. The lowest BCUT2D eigenvalue weighted by Gasteiger charge is -2.12. The Labute approximate surface area is 179 Å². The summed E-state index contributed by atoms with van der Waals surface area (Å²) >= 11 is 0. The second-order valence-corrected chi connectivity index (χ2v) is 7.93. The molecule has 31 heavy (non-hydrogen) atoms. The van der Waals surface area contributed by atoms with Crippen LogP contribution in [0, 0.1) is 5.82 Å². The highest BCUT2D eigenvalue weighted by atomic mass is 19.1. The Kier molecular flexibility index (Phi) is 4.69. The Hall–Kier alpha value is -3.68. The summed E-state index contributed by atoms with van der Waals surface area (Å²) < 4.78 is 16.6. The molecule has 0 amide bonds. The van der Waals surface area contributed by atoms with Gasteiger partial charge in [0.1, 0.15) is 11.5 Å². The lowest BCUT2D eigenvalue weighted by atomic mass is 10.0. The van der Waals surface area contributed by atoms with Gasteiger partial charge in [0, 0.05) is 48.4 Å². The molecule has 0 saturated carbocycles. The number of aryl methyl sites for hydroxylation is 1. The molecule has 1 aromatic carbocycles. The van der Waals surface area contributed by atoms with Crippen molar-refractivity contribution < 1.29 is 4.39 Å². The molecule has 5 rings (SSSR count). The van der Waals surface area contributed by atoms with E-state index in [0.29, 0.717) is 17.3 Å². The molecule has 1 N–H and O–H groups in total. The Morgan fingerprint density at radius 3 is 2.84 bits per heavy atom. The molecule has 0 radical (unpaired) electrons. The lowest BCUT2D eigenvalue weighted by molar-refractivity contribution is 0.619. The molecule has 0 bridgehead atoms. The van der Waals surface area contributed by atoms with Crippen molar-refractivity contribution >= 4 is 28.9 Å². The summed E-state index contributed by atoms with van der Waals surface area (Å²) in [5.74, 6) is 0.729. The fourth-order valence-electron chi connectivity index (χ4n) is 4.03. The summed E-state index contributed by atoms with van der Waals surface area (Å²) in [5.41, 5.74) is 4.90. The van der Waals surface area contributed by atoms with Gasteiger partial charge in [0.05, 0.1) is 17.4 Å². The van der Waals surface area contributed by atoms with Crippen molar-refractivity contribution in [1.82, 2.24) is 24.7 Å². The number of benzene rings is 1. The number of aliphatic imine (C=N–C) groups is 1. The molecule has 4 heterocycles. The monoisotopic (exact) mass is 415 g/mol. The number of halogens is 1. The van der Waals surface area contributed by atoms with Crippen LogP contribution < -0.4 is 5.32 Å². The SMILES string of the molecule is CC(C)c1c2cc(-c3nc(Nc4ccc5c(n4)CCN=C5)ncc3F)ccc2nn1C. The van der Waals surface area contributed by atoms with Gasteiger partial charge in [-0.3, -0.25) is 9.67 Å². The summed E-state index contributed by atoms with van der Waals surface area (Å²) in [6, 6.07) is 9.49. The quantitative estimate of drug-likeness (QED) is 0.534. The molecule has 4 aromatic rings. The minimum atomic E-state index is -0.477. The molecule has 0 aliphatic carbocycles. The minimum Gasteiger partial charge on any atom is -0.309 e. The molecule has 0 unspecified atom stereocenters. The van der Waals surface area contributed by atoms with Gasteiger partial charge < -0.3 is 5.32 Å². The van der Waals surface area contributed by atoms with Crippen LogP contribution in [0.5, 0.6) is 0 Å². The van der Waals surface area contributed by atoms with Crippen molar-refractivity contribution in [3.8, 4) is 11.3 Å². The van der Waals surface area contributed by atoms with Crippen LogP contribution in [0.15, 0.2) is 41.5 Å². The van der Waals surface area contributed by atoms with Gasteiger partial charge in [-0.25, -0.2) is 19.3 Å². The third kappa shape index (κ3) is 3.54. The fraction of sp³-hybridized carbons (Fsp3) is 0.261. The van der Waals surface area contributed by atoms with Crippen molar-refractivity contribution in [3.63, 3.8) is 0 Å². The normalized spacial score (nSPS) is 13.1. The first-order valence-electron chi connectivity index (χ1n) is 10.3. The molecule has 0 fully saturated rings. The summed E-state index contributed by atoms with van der Waals surface area (Å²) in [4.78, 5) is 17.4. The smallest absolute Gasteiger partial charge is 0.229 e. The van der Waals surface area contributed by atoms with E-state index in [1.807, 2.05) is 48.3 Å². The van der Waals surface area contributed by atoms with Crippen LogP contribution >= 0.6 is 0 Å². The molecule has 1 aliphatic heterocycles. The van der Waals surface area contributed by atoms with Gasteiger partial charge >= 0.3 is 0 Å². The standard InChI is InChI=1S/C23H22FN7/c1-13(2)22-16-10-14(4-6-19(16)30-31(22)3)21-17(24)12-26-23(29-21)28-20-7-5-15-11-25-9-8-18(15)27-20/h4-7,10-13H,8-9H2,1-3H3,(H,26,27,28,29). The van der Waals surface area contributed by atoms with E-state index < -0.39 is 5.82 Å². The van der Waals surface area contributed by atoms with Crippen LogP contribution in [0.4, 0.5) is 16.2 Å². The topological polar surface area (TPSA) is 80.9 Å². The van der Waals surface area contributed by atoms with Crippen LogP contribution in [0.2, 0.25) is 0 Å². The first-order valence-corrected chi connectivity index (χ1v) is 10.3. The maximum Gasteiger partial charge on any atom is 0.229 e. The molecular weight excluding hydrogens is 393 g/mol. The second kappa shape index (κ2) is 7.54. The molecule has 8 heteroatoms. The van der Waals surface area contributed by atoms with E-state index >= 15 is 0 Å². The van der Waals surface area contributed by atoms with Crippen LogP contribution in [0.3, 0.4) is 0 Å². The average molecular weight is 415 g/mol. The summed E-state index contributed by atoms with van der Waals surface area (Å²) in [7, 11) is 1.93. The highest BCUT2D eigenvalue weighted by Crippen LogP contribution is 2.30. The maximum atomic E-state index is 14.7. The van der Waals surface area contributed by atoms with Gasteiger partial charge in [0.25, 0.3) is 0 Å². The van der Waals surface area contributed by atoms with Crippen molar-refractivity contribution in [3.05, 3.63) is 59.3 Å².